The number of piperidine rings is 1. The van der Waals surface area contributed by atoms with Gasteiger partial charge in [-0.3, -0.25) is 9.59 Å². The molecule has 1 aliphatic carbocycles. The minimum atomic E-state index is -0.285. The average Bonchev–Trinajstić information content (AvgIpc) is 2.88. The average molecular weight is 487 g/mol. The zero-order valence-corrected chi connectivity index (χ0v) is 21.2. The predicted octanol–water partition coefficient (Wildman–Crippen LogP) is 4.56. The van der Waals surface area contributed by atoms with E-state index in [-0.39, 0.29) is 35.4 Å². The number of benzene rings is 3. The Hall–Kier alpha value is -3.38. The van der Waals surface area contributed by atoms with Crippen molar-refractivity contribution >= 4 is 22.6 Å². The molecule has 0 spiro atoms. The van der Waals surface area contributed by atoms with E-state index in [0.29, 0.717) is 12.0 Å². The third-order valence-electron chi connectivity index (χ3n) is 8.04. The Bertz CT molecular complexity index is 1270. The predicted molar refractivity (Wildman–Crippen MR) is 140 cm³/mol. The van der Waals surface area contributed by atoms with E-state index in [1.54, 1.807) is 7.11 Å². The van der Waals surface area contributed by atoms with Crippen LogP contribution in [0.5, 0.6) is 5.75 Å². The molecule has 6 heteroatoms. The Balaban J connectivity index is 1.48. The maximum absolute atomic E-state index is 13.4. The number of esters is 1. The van der Waals surface area contributed by atoms with Gasteiger partial charge < -0.3 is 19.7 Å². The van der Waals surface area contributed by atoms with Crippen LogP contribution in [-0.4, -0.2) is 56.2 Å². The third-order valence-corrected chi connectivity index (χ3v) is 8.04. The number of hydrogen-bond acceptors (Lipinski definition) is 5. The minimum absolute atomic E-state index is 0.0977. The summed E-state index contributed by atoms with van der Waals surface area (Å²) in [6, 6.07) is 21.9. The number of likely N-dealkylation sites (tertiary alicyclic amines) is 1. The van der Waals surface area contributed by atoms with Gasteiger partial charge >= 0.3 is 5.97 Å². The first-order valence-electron chi connectivity index (χ1n) is 12.7. The topological polar surface area (TPSA) is 67.9 Å². The molecule has 1 aliphatic heterocycles. The normalized spacial score (nSPS) is 26.1. The van der Waals surface area contributed by atoms with Crippen molar-refractivity contribution in [3.05, 3.63) is 77.9 Å². The van der Waals surface area contributed by atoms with E-state index in [2.05, 4.69) is 29.4 Å². The number of fused-ring (bicyclic) bond motifs is 2. The van der Waals surface area contributed by atoms with Gasteiger partial charge in [-0.1, -0.05) is 42.5 Å². The van der Waals surface area contributed by atoms with Crippen LogP contribution in [0.2, 0.25) is 0 Å². The molecule has 0 bridgehead atoms. The van der Waals surface area contributed by atoms with Gasteiger partial charge in [-0.2, -0.15) is 0 Å². The van der Waals surface area contributed by atoms with Gasteiger partial charge in [0.25, 0.3) is 5.91 Å². The molecule has 1 saturated heterocycles. The lowest BCUT2D eigenvalue weighted by Crippen LogP contribution is -2.61. The molecule has 1 unspecified atom stereocenters. The Morgan fingerprint density at radius 1 is 1.03 bits per heavy atom. The van der Waals surface area contributed by atoms with Crippen LogP contribution >= 0.6 is 0 Å². The molecule has 3 aromatic rings. The molecule has 188 valence electrons. The van der Waals surface area contributed by atoms with Crippen LogP contribution in [0, 0.1) is 5.92 Å². The van der Waals surface area contributed by atoms with Crippen molar-refractivity contribution in [3.8, 4) is 5.75 Å². The van der Waals surface area contributed by atoms with Gasteiger partial charge in [-0.05, 0) is 67.0 Å². The largest absolute Gasteiger partial charge is 0.497 e. The van der Waals surface area contributed by atoms with E-state index in [9.17, 15) is 9.59 Å². The zero-order valence-electron chi connectivity index (χ0n) is 21.2. The van der Waals surface area contributed by atoms with Crippen molar-refractivity contribution in [1.29, 1.82) is 0 Å². The Morgan fingerprint density at radius 2 is 1.83 bits per heavy atom. The molecule has 6 nitrogen and oxygen atoms in total. The van der Waals surface area contributed by atoms with Gasteiger partial charge in [-0.15, -0.1) is 0 Å². The van der Waals surface area contributed by atoms with Gasteiger partial charge in [-0.25, -0.2) is 0 Å². The Kier molecular flexibility index (Phi) is 6.71. The summed E-state index contributed by atoms with van der Waals surface area (Å²) in [5.41, 5.74) is 1.58. The molecule has 1 amide bonds. The summed E-state index contributed by atoms with van der Waals surface area (Å²) in [5, 5.41) is 5.44. The van der Waals surface area contributed by atoms with Crippen LogP contribution in [0.1, 0.15) is 42.1 Å². The highest BCUT2D eigenvalue weighted by atomic mass is 16.5. The van der Waals surface area contributed by atoms with Gasteiger partial charge in [0.2, 0.25) is 0 Å². The van der Waals surface area contributed by atoms with Crippen molar-refractivity contribution in [3.63, 3.8) is 0 Å². The standard InChI is InChI=1S/C30H34N2O4/c1-20(33)36-28-17-25(31-29(34)23-12-11-21-7-4-5-8-22(21)15-23)18-30(13-14-32(2)19-27(28)30)24-9-6-10-26(16-24)35-3/h4-12,15-16,25,27-28H,13-14,17-19H2,1-3H3,(H,31,34)/t25-,27-,28?,30-/m0/s1. The second kappa shape index (κ2) is 9.94. The van der Waals surface area contributed by atoms with E-state index in [4.69, 9.17) is 9.47 Å². The van der Waals surface area contributed by atoms with E-state index in [1.165, 1.54) is 12.5 Å². The molecular formula is C30H34N2O4. The molecule has 1 heterocycles. The van der Waals surface area contributed by atoms with Crippen LogP contribution < -0.4 is 10.1 Å². The van der Waals surface area contributed by atoms with Crippen molar-refractivity contribution in [2.24, 2.45) is 5.92 Å². The third kappa shape index (κ3) is 4.70. The van der Waals surface area contributed by atoms with Gasteiger partial charge in [0.15, 0.2) is 0 Å². The first-order chi connectivity index (χ1) is 17.4. The fraction of sp³-hybridized carbons (Fsp3) is 0.400. The maximum Gasteiger partial charge on any atom is 0.302 e. The number of carbonyl (C=O) groups excluding carboxylic acids is 2. The van der Waals surface area contributed by atoms with Crippen LogP contribution in [0.4, 0.5) is 0 Å². The van der Waals surface area contributed by atoms with E-state index in [0.717, 1.165) is 42.5 Å². The maximum atomic E-state index is 13.4. The van der Waals surface area contributed by atoms with Gasteiger partial charge in [0.05, 0.1) is 7.11 Å². The summed E-state index contributed by atoms with van der Waals surface area (Å²) in [6.07, 6.45) is 2.02. The second-order valence-corrected chi connectivity index (χ2v) is 10.3. The molecule has 5 rings (SSSR count). The number of ether oxygens (including phenoxy) is 2. The number of methoxy groups -OCH3 is 1. The highest BCUT2D eigenvalue weighted by molar-refractivity contribution is 5.98. The Labute approximate surface area is 212 Å². The first-order valence-corrected chi connectivity index (χ1v) is 12.7. The molecule has 0 radical (unpaired) electrons. The summed E-state index contributed by atoms with van der Waals surface area (Å²) in [4.78, 5) is 27.8. The van der Waals surface area contributed by atoms with Gasteiger partial charge in [0.1, 0.15) is 11.9 Å². The number of carbonyl (C=O) groups is 2. The highest BCUT2D eigenvalue weighted by Crippen LogP contribution is 2.50. The van der Waals surface area contributed by atoms with Gasteiger partial charge in [0, 0.05) is 42.8 Å². The molecule has 2 aliphatic rings. The lowest BCUT2D eigenvalue weighted by Gasteiger charge is -2.55. The fourth-order valence-electron chi connectivity index (χ4n) is 6.33. The first kappa shape index (κ1) is 24.3. The van der Waals surface area contributed by atoms with Crippen LogP contribution in [-0.2, 0) is 14.9 Å². The summed E-state index contributed by atoms with van der Waals surface area (Å²) in [6.45, 7) is 3.24. The zero-order chi connectivity index (χ0) is 25.3. The summed E-state index contributed by atoms with van der Waals surface area (Å²) >= 11 is 0. The molecule has 2 fully saturated rings. The van der Waals surface area contributed by atoms with Crippen molar-refractivity contribution in [2.75, 3.05) is 27.2 Å². The van der Waals surface area contributed by atoms with Crippen molar-refractivity contribution in [1.82, 2.24) is 10.2 Å². The number of nitrogens with one attached hydrogen (secondary N) is 1. The SMILES string of the molecule is COc1cccc([C@@]23CCN(C)C[C@H]2C(OC(C)=O)C[C@H](NC(=O)c2ccc4ccccc4c2)C3)c1. The summed E-state index contributed by atoms with van der Waals surface area (Å²) in [7, 11) is 3.80. The number of nitrogens with zero attached hydrogens (tertiary/aromatic N) is 1. The highest BCUT2D eigenvalue weighted by Gasteiger charge is 2.53. The Morgan fingerprint density at radius 3 is 2.61 bits per heavy atom. The van der Waals surface area contributed by atoms with Crippen LogP contribution in [0.15, 0.2) is 66.7 Å². The monoisotopic (exact) mass is 486 g/mol. The molecule has 36 heavy (non-hydrogen) atoms. The van der Waals surface area contributed by atoms with Crippen LogP contribution in [0.25, 0.3) is 10.8 Å². The summed E-state index contributed by atoms with van der Waals surface area (Å²) < 4.78 is 11.5. The van der Waals surface area contributed by atoms with Crippen LogP contribution in [0.3, 0.4) is 0 Å². The van der Waals surface area contributed by atoms with E-state index in [1.807, 2.05) is 54.6 Å². The smallest absolute Gasteiger partial charge is 0.302 e. The molecular weight excluding hydrogens is 452 g/mol. The fourth-order valence-corrected chi connectivity index (χ4v) is 6.33. The van der Waals surface area contributed by atoms with E-state index < -0.39 is 0 Å². The number of amides is 1. The van der Waals surface area contributed by atoms with Crippen molar-refractivity contribution in [2.45, 2.75) is 43.7 Å². The molecule has 1 saturated carbocycles. The lowest BCUT2D eigenvalue weighted by molar-refractivity contribution is -0.156. The molecule has 3 aromatic carbocycles. The van der Waals surface area contributed by atoms with E-state index >= 15 is 0 Å². The quantitative estimate of drug-likeness (QED) is 0.536. The second-order valence-electron chi connectivity index (χ2n) is 10.3. The number of hydrogen-bond donors (Lipinski definition) is 1. The molecule has 4 atom stereocenters. The molecule has 0 aromatic heterocycles. The molecule has 1 N–H and O–H groups in total. The van der Waals surface area contributed by atoms with Crippen molar-refractivity contribution < 1.29 is 19.1 Å². The lowest BCUT2D eigenvalue weighted by atomic mass is 9.57. The number of rotatable bonds is 5. The minimum Gasteiger partial charge on any atom is -0.497 e. The summed E-state index contributed by atoms with van der Waals surface area (Å²) in [5.74, 6) is 0.556.